The second kappa shape index (κ2) is 5.05. The normalized spacial score (nSPS) is 10.5. The second-order valence-corrected chi connectivity index (χ2v) is 4.26. The summed E-state index contributed by atoms with van der Waals surface area (Å²) in [6.07, 6.45) is 3.77. The molecule has 2 N–H and O–H groups in total. The van der Waals surface area contributed by atoms with Crippen molar-refractivity contribution in [1.29, 1.82) is 0 Å². The second-order valence-electron chi connectivity index (χ2n) is 4.26. The highest BCUT2D eigenvalue weighted by atomic mass is 16.2. The van der Waals surface area contributed by atoms with Crippen molar-refractivity contribution in [2.75, 3.05) is 19.8 Å². The van der Waals surface area contributed by atoms with Crippen molar-refractivity contribution in [3.63, 3.8) is 0 Å². The molecule has 2 aromatic heterocycles. The van der Waals surface area contributed by atoms with E-state index in [9.17, 15) is 4.79 Å². The van der Waals surface area contributed by atoms with Gasteiger partial charge in [0.1, 0.15) is 12.1 Å². The van der Waals surface area contributed by atoms with Crippen LogP contribution in [-0.4, -0.2) is 44.7 Å². The molecule has 0 radical (unpaired) electrons. The van der Waals surface area contributed by atoms with Gasteiger partial charge in [-0.15, -0.1) is 0 Å². The maximum absolute atomic E-state index is 11.8. The number of aromatic nitrogens is 4. The van der Waals surface area contributed by atoms with E-state index < -0.39 is 0 Å². The molecule has 2 aromatic rings. The minimum Gasteiger partial charge on any atom is -0.383 e. The predicted molar refractivity (Wildman–Crippen MR) is 71.0 cm³/mol. The number of carbonyl (C=O) groups excluding carboxylic acids is 1. The number of nitrogen functional groups attached to an aromatic ring is 1. The van der Waals surface area contributed by atoms with Gasteiger partial charge in [0.05, 0.1) is 0 Å². The van der Waals surface area contributed by atoms with Crippen molar-refractivity contribution in [3.8, 4) is 5.82 Å². The lowest BCUT2D eigenvalue weighted by atomic mass is 10.2. The Balaban J connectivity index is 2.44. The Kier molecular flexibility index (Phi) is 3.46. The molecule has 0 aliphatic heterocycles. The maximum Gasteiger partial charge on any atom is 0.273 e. The Labute approximate surface area is 111 Å². The van der Waals surface area contributed by atoms with Gasteiger partial charge in [-0.1, -0.05) is 6.92 Å². The average Bonchev–Trinajstić information content (AvgIpc) is 2.86. The van der Waals surface area contributed by atoms with Gasteiger partial charge in [0.2, 0.25) is 0 Å². The number of carbonyl (C=O) groups is 1. The molecule has 100 valence electrons. The van der Waals surface area contributed by atoms with Crippen LogP contribution in [-0.2, 0) is 6.42 Å². The summed E-state index contributed by atoms with van der Waals surface area (Å²) < 4.78 is 1.55. The molecular weight excluding hydrogens is 244 g/mol. The van der Waals surface area contributed by atoms with E-state index in [2.05, 4.69) is 15.1 Å². The number of hydrogen-bond acceptors (Lipinski definition) is 5. The van der Waals surface area contributed by atoms with Crippen molar-refractivity contribution in [2.45, 2.75) is 13.3 Å². The summed E-state index contributed by atoms with van der Waals surface area (Å²) in [6.45, 7) is 1.97. The molecule has 0 aliphatic carbocycles. The molecule has 0 fully saturated rings. The van der Waals surface area contributed by atoms with Crippen LogP contribution in [0.15, 0.2) is 18.6 Å². The summed E-state index contributed by atoms with van der Waals surface area (Å²) in [5.41, 5.74) is 7.00. The van der Waals surface area contributed by atoms with Gasteiger partial charge >= 0.3 is 0 Å². The van der Waals surface area contributed by atoms with Gasteiger partial charge in [-0.2, -0.15) is 5.10 Å². The highest BCUT2D eigenvalue weighted by Crippen LogP contribution is 2.16. The fourth-order valence-electron chi connectivity index (χ4n) is 1.74. The molecule has 19 heavy (non-hydrogen) atoms. The van der Waals surface area contributed by atoms with Crippen LogP contribution in [0.3, 0.4) is 0 Å². The summed E-state index contributed by atoms with van der Waals surface area (Å²) in [4.78, 5) is 21.4. The summed E-state index contributed by atoms with van der Waals surface area (Å²) in [5.74, 6) is 0.884. The molecule has 0 aliphatic rings. The van der Waals surface area contributed by atoms with E-state index in [1.54, 1.807) is 31.0 Å². The highest BCUT2D eigenvalue weighted by molar-refractivity contribution is 5.91. The van der Waals surface area contributed by atoms with Crippen molar-refractivity contribution in [3.05, 3.63) is 29.8 Å². The van der Waals surface area contributed by atoms with Crippen LogP contribution in [0.1, 0.15) is 23.0 Å². The van der Waals surface area contributed by atoms with E-state index >= 15 is 0 Å². The Hall–Kier alpha value is -2.44. The van der Waals surface area contributed by atoms with Crippen LogP contribution in [0, 0.1) is 0 Å². The molecule has 0 saturated carbocycles. The number of nitrogens with two attached hydrogens (primary N) is 1. The minimum absolute atomic E-state index is 0.154. The molecule has 7 heteroatoms. The number of amides is 1. The monoisotopic (exact) mass is 260 g/mol. The molecule has 2 rings (SSSR count). The largest absolute Gasteiger partial charge is 0.383 e. The minimum atomic E-state index is -0.154. The maximum atomic E-state index is 11.8. The summed E-state index contributed by atoms with van der Waals surface area (Å²) in [7, 11) is 3.36. The molecule has 1 amide bonds. The smallest absolute Gasteiger partial charge is 0.273 e. The fourth-order valence-corrected chi connectivity index (χ4v) is 1.74. The van der Waals surface area contributed by atoms with Crippen LogP contribution in [0.5, 0.6) is 0 Å². The van der Waals surface area contributed by atoms with E-state index in [1.807, 2.05) is 6.92 Å². The zero-order valence-electron chi connectivity index (χ0n) is 11.2. The topological polar surface area (TPSA) is 89.9 Å². The van der Waals surface area contributed by atoms with E-state index in [1.165, 1.54) is 11.2 Å². The first-order chi connectivity index (χ1) is 9.04. The highest BCUT2D eigenvalue weighted by Gasteiger charge is 2.15. The lowest BCUT2D eigenvalue weighted by Crippen LogP contribution is -2.22. The Morgan fingerprint density at radius 3 is 2.79 bits per heavy atom. The molecule has 2 heterocycles. The van der Waals surface area contributed by atoms with Gasteiger partial charge in [0, 0.05) is 25.9 Å². The number of rotatable bonds is 3. The first-order valence-electron chi connectivity index (χ1n) is 5.91. The number of anilines is 1. The zero-order chi connectivity index (χ0) is 14.0. The van der Waals surface area contributed by atoms with Crippen LogP contribution >= 0.6 is 0 Å². The van der Waals surface area contributed by atoms with Gasteiger partial charge in [-0.05, 0) is 12.5 Å². The standard InChI is InChI=1S/C12H16N6O/c1-4-8-10(13)14-7-15-11(8)18-6-5-9(16-18)12(19)17(2)3/h5-7H,4H2,1-3H3,(H2,13,14,15). The Morgan fingerprint density at radius 1 is 1.42 bits per heavy atom. The lowest BCUT2D eigenvalue weighted by molar-refractivity contribution is 0.0821. The molecule has 0 spiro atoms. The van der Waals surface area contributed by atoms with Crippen molar-refractivity contribution in [1.82, 2.24) is 24.6 Å². The molecule has 0 bridgehead atoms. The third kappa shape index (κ3) is 2.40. The molecule has 0 aromatic carbocycles. The first kappa shape index (κ1) is 13.0. The third-order valence-electron chi connectivity index (χ3n) is 2.74. The van der Waals surface area contributed by atoms with Crippen molar-refractivity contribution < 1.29 is 4.79 Å². The van der Waals surface area contributed by atoms with E-state index in [0.717, 1.165) is 5.56 Å². The van der Waals surface area contributed by atoms with Gasteiger partial charge in [0.15, 0.2) is 11.5 Å². The Morgan fingerprint density at radius 2 is 2.16 bits per heavy atom. The summed E-state index contributed by atoms with van der Waals surface area (Å²) >= 11 is 0. The first-order valence-corrected chi connectivity index (χ1v) is 5.91. The van der Waals surface area contributed by atoms with Gasteiger partial charge in [0.25, 0.3) is 5.91 Å². The quantitative estimate of drug-likeness (QED) is 0.868. The molecule has 0 unspecified atom stereocenters. The molecule has 7 nitrogen and oxygen atoms in total. The molecule has 0 atom stereocenters. The number of hydrogen-bond donors (Lipinski definition) is 1. The van der Waals surface area contributed by atoms with Crippen LogP contribution in [0.25, 0.3) is 5.82 Å². The number of nitrogens with zero attached hydrogens (tertiary/aromatic N) is 5. The van der Waals surface area contributed by atoms with Gasteiger partial charge < -0.3 is 10.6 Å². The van der Waals surface area contributed by atoms with Gasteiger partial charge in [-0.25, -0.2) is 14.6 Å². The van der Waals surface area contributed by atoms with Gasteiger partial charge in [-0.3, -0.25) is 4.79 Å². The predicted octanol–water partition coefficient (Wildman–Crippen LogP) is 0.509. The van der Waals surface area contributed by atoms with Crippen LogP contribution < -0.4 is 5.73 Å². The molecule has 0 saturated heterocycles. The van der Waals surface area contributed by atoms with E-state index in [-0.39, 0.29) is 5.91 Å². The average molecular weight is 260 g/mol. The summed E-state index contributed by atoms with van der Waals surface area (Å²) in [5, 5.41) is 4.23. The third-order valence-corrected chi connectivity index (χ3v) is 2.74. The zero-order valence-corrected chi connectivity index (χ0v) is 11.2. The fraction of sp³-hybridized carbons (Fsp3) is 0.333. The van der Waals surface area contributed by atoms with Crippen molar-refractivity contribution in [2.24, 2.45) is 0 Å². The SMILES string of the molecule is CCc1c(N)ncnc1-n1ccc(C(=O)N(C)C)n1. The van der Waals surface area contributed by atoms with Crippen LogP contribution in [0.4, 0.5) is 5.82 Å². The van der Waals surface area contributed by atoms with E-state index in [4.69, 9.17) is 5.73 Å². The summed E-state index contributed by atoms with van der Waals surface area (Å²) in [6, 6.07) is 1.65. The lowest BCUT2D eigenvalue weighted by Gasteiger charge is -2.09. The Bertz CT molecular complexity index is 604. The van der Waals surface area contributed by atoms with Crippen molar-refractivity contribution >= 4 is 11.7 Å². The molecular formula is C12H16N6O. The van der Waals surface area contributed by atoms with E-state index in [0.29, 0.717) is 23.8 Å². The van der Waals surface area contributed by atoms with Crippen LogP contribution in [0.2, 0.25) is 0 Å².